The Labute approximate surface area is 135 Å². The molecule has 23 heavy (non-hydrogen) atoms. The Hall–Kier alpha value is -2.41. The molecule has 0 fully saturated rings. The van der Waals surface area contributed by atoms with E-state index in [1.165, 1.54) is 0 Å². The molecule has 0 saturated carbocycles. The topological polar surface area (TPSA) is 54.9 Å². The van der Waals surface area contributed by atoms with Gasteiger partial charge in [0.15, 0.2) is 16.8 Å². The van der Waals surface area contributed by atoms with E-state index in [0.29, 0.717) is 15.3 Å². The first kappa shape index (κ1) is 15.5. The number of fused-ring (bicyclic) bond motifs is 1. The predicted molar refractivity (Wildman–Crippen MR) is 85.6 cm³/mol. The molecule has 3 rings (SSSR count). The van der Waals surface area contributed by atoms with Crippen molar-refractivity contribution in [1.82, 2.24) is 9.97 Å². The first-order chi connectivity index (χ1) is 11.0. The largest absolute Gasteiger partial charge is 0.301 e. The van der Waals surface area contributed by atoms with E-state index < -0.39 is 17.6 Å². The normalized spacial score (nSPS) is 12.3. The molecule has 0 bridgehead atoms. The van der Waals surface area contributed by atoms with Gasteiger partial charge in [0.05, 0.1) is 16.1 Å². The second kappa shape index (κ2) is 6.00. The Morgan fingerprint density at radius 3 is 2.78 bits per heavy atom. The summed E-state index contributed by atoms with van der Waals surface area (Å²) < 4.78 is 26.9. The Morgan fingerprint density at radius 2 is 2.04 bits per heavy atom. The van der Waals surface area contributed by atoms with Crippen molar-refractivity contribution in [3.63, 3.8) is 0 Å². The lowest BCUT2D eigenvalue weighted by molar-refractivity contribution is -0.117. The molecule has 1 N–H and O–H groups in total. The van der Waals surface area contributed by atoms with Crippen molar-refractivity contribution in [2.75, 3.05) is 5.32 Å². The minimum atomic E-state index is -0.957. The van der Waals surface area contributed by atoms with E-state index in [1.807, 2.05) is 6.92 Å². The molecule has 1 unspecified atom stereocenters. The molecule has 0 radical (unpaired) electrons. The molecule has 118 valence electrons. The summed E-state index contributed by atoms with van der Waals surface area (Å²) in [6.07, 6.45) is 3.33. The number of amides is 1. The fraction of sp³-hybridized carbons (Fsp3) is 0.188. The maximum absolute atomic E-state index is 13.2. The van der Waals surface area contributed by atoms with Gasteiger partial charge in [0.25, 0.3) is 0 Å². The molecule has 0 aliphatic rings. The van der Waals surface area contributed by atoms with Crippen LogP contribution in [0.5, 0.6) is 0 Å². The molecule has 3 aromatic rings. The van der Waals surface area contributed by atoms with Crippen molar-refractivity contribution in [1.29, 1.82) is 0 Å². The number of aryl methyl sites for hydroxylation is 1. The number of hydrogen-bond donors (Lipinski definition) is 1. The maximum Gasteiger partial charge on any atom is 0.233 e. The highest BCUT2D eigenvalue weighted by Crippen LogP contribution is 2.29. The smallest absolute Gasteiger partial charge is 0.233 e. The molecule has 1 amide bonds. The maximum atomic E-state index is 13.2. The fourth-order valence-electron chi connectivity index (χ4n) is 2.30. The van der Waals surface area contributed by atoms with Gasteiger partial charge in [-0.25, -0.2) is 13.8 Å². The number of rotatable bonds is 3. The summed E-state index contributed by atoms with van der Waals surface area (Å²) in [4.78, 5) is 20.5. The number of thiazole rings is 1. The van der Waals surface area contributed by atoms with Crippen LogP contribution in [0.4, 0.5) is 13.9 Å². The van der Waals surface area contributed by atoms with E-state index >= 15 is 0 Å². The average molecular weight is 333 g/mol. The molecule has 0 saturated heterocycles. The molecule has 2 aromatic heterocycles. The number of carbonyl (C=O) groups excluding carboxylic acids is 1. The standard InChI is InChI=1S/C16H13F2N3OS/c1-8-7-19-4-3-10(8)9(2)15(22)21-16-20-13-5-11(17)12(18)6-14(13)23-16/h3-7,9H,1-2H3,(H,20,21,22). The highest BCUT2D eigenvalue weighted by Gasteiger charge is 2.19. The second-order valence-corrected chi connectivity index (χ2v) is 6.23. The van der Waals surface area contributed by atoms with Gasteiger partial charge in [-0.05, 0) is 37.1 Å². The molecule has 7 heteroatoms. The first-order valence-electron chi connectivity index (χ1n) is 6.92. The van der Waals surface area contributed by atoms with Gasteiger partial charge in [-0.1, -0.05) is 11.3 Å². The summed E-state index contributed by atoms with van der Waals surface area (Å²) in [5, 5.41) is 3.01. The van der Waals surface area contributed by atoms with E-state index in [9.17, 15) is 13.6 Å². The molecule has 4 nitrogen and oxygen atoms in total. The van der Waals surface area contributed by atoms with Gasteiger partial charge in [-0.15, -0.1) is 0 Å². The van der Waals surface area contributed by atoms with Gasteiger partial charge in [-0.3, -0.25) is 9.78 Å². The monoisotopic (exact) mass is 333 g/mol. The minimum Gasteiger partial charge on any atom is -0.301 e. The van der Waals surface area contributed by atoms with E-state index in [1.54, 1.807) is 25.4 Å². The lowest BCUT2D eigenvalue weighted by Crippen LogP contribution is -2.19. The first-order valence-corrected chi connectivity index (χ1v) is 7.74. The molecule has 0 aliphatic heterocycles. The van der Waals surface area contributed by atoms with Crippen LogP contribution in [0.15, 0.2) is 30.6 Å². The number of benzene rings is 1. The van der Waals surface area contributed by atoms with Crippen LogP contribution >= 0.6 is 11.3 Å². The van der Waals surface area contributed by atoms with Crippen LogP contribution in [0.2, 0.25) is 0 Å². The minimum absolute atomic E-state index is 0.237. The zero-order valence-electron chi connectivity index (χ0n) is 12.4. The van der Waals surface area contributed by atoms with Crippen LogP contribution in [-0.4, -0.2) is 15.9 Å². The summed E-state index contributed by atoms with van der Waals surface area (Å²) in [6, 6.07) is 3.89. The molecule has 2 heterocycles. The number of pyridine rings is 1. The average Bonchev–Trinajstić information content (AvgIpc) is 2.88. The number of hydrogen-bond acceptors (Lipinski definition) is 4. The van der Waals surface area contributed by atoms with Gasteiger partial charge < -0.3 is 5.32 Å². The number of anilines is 1. The van der Waals surface area contributed by atoms with Crippen molar-refractivity contribution in [3.05, 3.63) is 53.4 Å². The lowest BCUT2D eigenvalue weighted by atomic mass is 9.98. The fourth-order valence-corrected chi connectivity index (χ4v) is 3.18. The van der Waals surface area contributed by atoms with Crippen molar-refractivity contribution in [2.45, 2.75) is 19.8 Å². The quantitative estimate of drug-likeness (QED) is 0.787. The van der Waals surface area contributed by atoms with Gasteiger partial charge in [-0.2, -0.15) is 0 Å². The molecule has 0 aliphatic carbocycles. The zero-order chi connectivity index (χ0) is 16.6. The lowest BCUT2D eigenvalue weighted by Gasteiger charge is -2.13. The third kappa shape index (κ3) is 3.05. The molecular formula is C16H13F2N3OS. The molecule has 1 atom stereocenters. The summed E-state index contributed by atoms with van der Waals surface area (Å²) in [7, 11) is 0. The van der Waals surface area contributed by atoms with Gasteiger partial charge in [0.2, 0.25) is 5.91 Å². The van der Waals surface area contributed by atoms with E-state index in [4.69, 9.17) is 0 Å². The van der Waals surface area contributed by atoms with Crippen LogP contribution in [0.3, 0.4) is 0 Å². The number of nitrogens with one attached hydrogen (secondary N) is 1. The summed E-state index contributed by atoms with van der Waals surface area (Å²) in [5.74, 6) is -2.51. The third-order valence-corrected chi connectivity index (χ3v) is 4.52. The molecule has 0 spiro atoms. The predicted octanol–water partition coefficient (Wildman–Crippen LogP) is 4.02. The Kier molecular flexibility index (Phi) is 4.04. The Balaban J connectivity index is 1.84. The van der Waals surface area contributed by atoms with E-state index in [-0.39, 0.29) is 5.91 Å². The van der Waals surface area contributed by atoms with E-state index in [2.05, 4.69) is 15.3 Å². The second-order valence-electron chi connectivity index (χ2n) is 5.20. The van der Waals surface area contributed by atoms with Gasteiger partial charge >= 0.3 is 0 Å². The van der Waals surface area contributed by atoms with Crippen molar-refractivity contribution < 1.29 is 13.6 Å². The Bertz CT molecular complexity index is 855. The molecular weight excluding hydrogens is 320 g/mol. The van der Waals surface area contributed by atoms with Gasteiger partial charge in [0.1, 0.15) is 0 Å². The van der Waals surface area contributed by atoms with Crippen LogP contribution < -0.4 is 5.32 Å². The summed E-state index contributed by atoms with van der Waals surface area (Å²) >= 11 is 1.10. The summed E-state index contributed by atoms with van der Waals surface area (Å²) in [6.45, 7) is 3.67. The molecule has 1 aromatic carbocycles. The zero-order valence-corrected chi connectivity index (χ0v) is 13.2. The number of halogens is 2. The van der Waals surface area contributed by atoms with Crippen LogP contribution in [0.1, 0.15) is 24.0 Å². The summed E-state index contributed by atoms with van der Waals surface area (Å²) in [5.41, 5.74) is 2.11. The van der Waals surface area contributed by atoms with Crippen molar-refractivity contribution in [3.8, 4) is 0 Å². The van der Waals surface area contributed by atoms with Crippen molar-refractivity contribution >= 4 is 32.6 Å². The number of aromatic nitrogens is 2. The van der Waals surface area contributed by atoms with Crippen molar-refractivity contribution in [2.24, 2.45) is 0 Å². The number of nitrogens with zero attached hydrogens (tertiary/aromatic N) is 2. The van der Waals surface area contributed by atoms with E-state index in [0.717, 1.165) is 34.6 Å². The highest BCUT2D eigenvalue weighted by molar-refractivity contribution is 7.22. The van der Waals surface area contributed by atoms with Crippen LogP contribution in [0.25, 0.3) is 10.2 Å². The Morgan fingerprint density at radius 1 is 1.30 bits per heavy atom. The highest BCUT2D eigenvalue weighted by atomic mass is 32.1. The number of carbonyl (C=O) groups is 1. The SMILES string of the molecule is Cc1cnccc1C(C)C(=O)Nc1nc2cc(F)c(F)cc2s1. The van der Waals surface area contributed by atoms with Gasteiger partial charge in [0, 0.05) is 18.5 Å². The van der Waals surface area contributed by atoms with Crippen LogP contribution in [-0.2, 0) is 4.79 Å². The third-order valence-electron chi connectivity index (χ3n) is 3.58. The van der Waals surface area contributed by atoms with Crippen LogP contribution in [0, 0.1) is 18.6 Å².